The molecular weight excluding hydrogens is 186 g/mol. The third kappa shape index (κ3) is 2.70. The largest absolute Gasteiger partial charge is 0.462 e. The summed E-state index contributed by atoms with van der Waals surface area (Å²) >= 11 is 0. The van der Waals surface area contributed by atoms with Crippen molar-refractivity contribution in [3.8, 4) is 0 Å². The Hall–Kier alpha value is -1.10. The van der Waals surface area contributed by atoms with Gasteiger partial charge in [-0.1, -0.05) is 6.92 Å². The summed E-state index contributed by atoms with van der Waals surface area (Å²) in [5, 5.41) is 2.63. The van der Waals surface area contributed by atoms with Crippen molar-refractivity contribution in [3.05, 3.63) is 0 Å². The van der Waals surface area contributed by atoms with Gasteiger partial charge in [-0.25, -0.2) is 4.79 Å². The second-order valence-corrected chi connectivity index (χ2v) is 3.41. The van der Waals surface area contributed by atoms with Crippen LogP contribution in [0.4, 0.5) is 0 Å². The molecule has 0 spiro atoms. The average Bonchev–Trinajstić information content (AvgIpc) is 2.20. The van der Waals surface area contributed by atoms with Crippen molar-refractivity contribution in [3.63, 3.8) is 0 Å². The molecule has 1 amide bonds. The molecule has 5 heteroatoms. The molecule has 0 aromatic heterocycles. The van der Waals surface area contributed by atoms with Crippen LogP contribution >= 0.6 is 0 Å². The third-order valence-corrected chi connectivity index (χ3v) is 2.33. The van der Waals surface area contributed by atoms with Gasteiger partial charge in [0.25, 0.3) is 0 Å². The maximum Gasteiger partial charge on any atom is 0.396 e. The fourth-order valence-corrected chi connectivity index (χ4v) is 1.41. The summed E-state index contributed by atoms with van der Waals surface area (Å²) in [6, 6.07) is 0.00958. The van der Waals surface area contributed by atoms with Crippen molar-refractivity contribution in [1.29, 1.82) is 0 Å². The SMILES string of the molecule is COC(=O)C(=O)NC1CCOCC1C. The topological polar surface area (TPSA) is 64.6 Å². The van der Waals surface area contributed by atoms with Gasteiger partial charge in [0.05, 0.1) is 13.7 Å². The fraction of sp³-hybridized carbons (Fsp3) is 0.778. The first kappa shape index (κ1) is 11.0. The zero-order valence-corrected chi connectivity index (χ0v) is 8.41. The van der Waals surface area contributed by atoms with Gasteiger partial charge in [-0.2, -0.15) is 0 Å². The van der Waals surface area contributed by atoms with Crippen molar-refractivity contribution in [2.24, 2.45) is 5.92 Å². The van der Waals surface area contributed by atoms with E-state index in [1.54, 1.807) is 0 Å². The van der Waals surface area contributed by atoms with Gasteiger partial charge in [-0.05, 0) is 12.3 Å². The zero-order valence-electron chi connectivity index (χ0n) is 8.41. The fourth-order valence-electron chi connectivity index (χ4n) is 1.41. The van der Waals surface area contributed by atoms with Gasteiger partial charge in [0.15, 0.2) is 0 Å². The molecule has 14 heavy (non-hydrogen) atoms. The Kier molecular flexibility index (Phi) is 3.88. The van der Waals surface area contributed by atoms with Crippen molar-refractivity contribution < 1.29 is 19.1 Å². The molecule has 1 aliphatic heterocycles. The summed E-state index contributed by atoms with van der Waals surface area (Å²) in [6.45, 7) is 3.21. The first-order valence-corrected chi connectivity index (χ1v) is 4.61. The lowest BCUT2D eigenvalue weighted by Crippen LogP contribution is -2.47. The molecule has 0 bridgehead atoms. The highest BCUT2D eigenvalue weighted by Crippen LogP contribution is 2.13. The summed E-state index contributed by atoms with van der Waals surface area (Å²) in [7, 11) is 1.19. The van der Waals surface area contributed by atoms with Crippen molar-refractivity contribution in [2.75, 3.05) is 20.3 Å². The number of methoxy groups -OCH3 is 1. The molecule has 1 fully saturated rings. The predicted octanol–water partition coefficient (Wildman–Crippen LogP) is -0.299. The van der Waals surface area contributed by atoms with Crippen LogP contribution in [0.5, 0.6) is 0 Å². The van der Waals surface area contributed by atoms with E-state index in [-0.39, 0.29) is 12.0 Å². The molecule has 0 aromatic carbocycles. The van der Waals surface area contributed by atoms with Crippen LogP contribution in [0, 0.1) is 5.92 Å². The van der Waals surface area contributed by atoms with Gasteiger partial charge in [-0.3, -0.25) is 4.79 Å². The molecule has 1 saturated heterocycles. The molecule has 0 radical (unpaired) electrons. The minimum atomic E-state index is -0.844. The third-order valence-electron chi connectivity index (χ3n) is 2.33. The molecule has 1 heterocycles. The molecule has 0 aromatic rings. The van der Waals surface area contributed by atoms with Crippen LogP contribution in [0.15, 0.2) is 0 Å². The number of esters is 1. The lowest BCUT2D eigenvalue weighted by Gasteiger charge is -2.28. The standard InChI is InChI=1S/C9H15NO4/c1-6-5-14-4-3-7(6)10-8(11)9(12)13-2/h6-7H,3-5H2,1-2H3,(H,10,11). The number of rotatable bonds is 1. The second kappa shape index (κ2) is 4.95. The minimum Gasteiger partial charge on any atom is -0.462 e. The van der Waals surface area contributed by atoms with Crippen LogP contribution in [-0.4, -0.2) is 38.2 Å². The van der Waals surface area contributed by atoms with Gasteiger partial charge in [-0.15, -0.1) is 0 Å². The molecule has 1 N–H and O–H groups in total. The van der Waals surface area contributed by atoms with E-state index in [4.69, 9.17) is 4.74 Å². The van der Waals surface area contributed by atoms with E-state index in [1.165, 1.54) is 7.11 Å². The van der Waals surface area contributed by atoms with Crippen molar-refractivity contribution >= 4 is 11.9 Å². The molecule has 2 atom stereocenters. The van der Waals surface area contributed by atoms with E-state index in [2.05, 4.69) is 10.1 Å². The van der Waals surface area contributed by atoms with E-state index in [0.29, 0.717) is 13.2 Å². The van der Waals surface area contributed by atoms with Crippen molar-refractivity contribution in [1.82, 2.24) is 5.32 Å². The van der Waals surface area contributed by atoms with Gasteiger partial charge >= 0.3 is 11.9 Å². The zero-order chi connectivity index (χ0) is 10.6. The Bertz CT molecular complexity index is 229. The Balaban J connectivity index is 2.42. The van der Waals surface area contributed by atoms with Crippen molar-refractivity contribution in [2.45, 2.75) is 19.4 Å². The number of ether oxygens (including phenoxy) is 2. The summed E-state index contributed by atoms with van der Waals surface area (Å²) in [5.41, 5.74) is 0. The number of hydrogen-bond acceptors (Lipinski definition) is 4. The van der Waals surface area contributed by atoms with Crippen LogP contribution in [0.25, 0.3) is 0 Å². The lowest BCUT2D eigenvalue weighted by atomic mass is 9.98. The second-order valence-electron chi connectivity index (χ2n) is 3.41. The van der Waals surface area contributed by atoms with Crippen LogP contribution in [-0.2, 0) is 19.1 Å². The summed E-state index contributed by atoms with van der Waals surface area (Å²) in [5.74, 6) is -1.28. The predicted molar refractivity (Wildman–Crippen MR) is 48.5 cm³/mol. The normalized spacial score (nSPS) is 26.7. The molecule has 2 unspecified atom stereocenters. The van der Waals surface area contributed by atoms with Crippen LogP contribution < -0.4 is 5.32 Å². The maximum absolute atomic E-state index is 11.2. The van der Waals surface area contributed by atoms with E-state index < -0.39 is 11.9 Å². The number of amides is 1. The highest BCUT2D eigenvalue weighted by atomic mass is 16.5. The molecule has 5 nitrogen and oxygen atoms in total. The van der Waals surface area contributed by atoms with E-state index >= 15 is 0 Å². The quantitative estimate of drug-likeness (QED) is 0.467. The summed E-state index contributed by atoms with van der Waals surface area (Å²) in [4.78, 5) is 22.0. The van der Waals surface area contributed by atoms with Gasteiger partial charge in [0.1, 0.15) is 0 Å². The van der Waals surface area contributed by atoms with Gasteiger partial charge in [0.2, 0.25) is 0 Å². The van der Waals surface area contributed by atoms with E-state index in [0.717, 1.165) is 6.42 Å². The van der Waals surface area contributed by atoms with Gasteiger partial charge < -0.3 is 14.8 Å². The molecule has 1 rings (SSSR count). The van der Waals surface area contributed by atoms with E-state index in [9.17, 15) is 9.59 Å². The number of carbonyl (C=O) groups excluding carboxylic acids is 2. The molecule has 1 aliphatic rings. The summed E-state index contributed by atoms with van der Waals surface area (Å²) < 4.78 is 9.52. The highest BCUT2D eigenvalue weighted by Gasteiger charge is 2.26. The smallest absolute Gasteiger partial charge is 0.396 e. The highest BCUT2D eigenvalue weighted by molar-refractivity contribution is 6.32. The number of hydrogen-bond donors (Lipinski definition) is 1. The Morgan fingerprint density at radius 3 is 2.79 bits per heavy atom. The maximum atomic E-state index is 11.2. The summed E-state index contributed by atoms with van der Waals surface area (Å²) in [6.07, 6.45) is 0.740. The molecular formula is C9H15NO4. The molecule has 0 saturated carbocycles. The lowest BCUT2D eigenvalue weighted by molar-refractivity contribution is -0.153. The minimum absolute atomic E-state index is 0.00958. The molecule has 80 valence electrons. The number of carbonyl (C=O) groups is 2. The Morgan fingerprint density at radius 2 is 2.21 bits per heavy atom. The van der Waals surface area contributed by atoms with Crippen LogP contribution in [0.3, 0.4) is 0 Å². The first-order chi connectivity index (χ1) is 6.65. The first-order valence-electron chi connectivity index (χ1n) is 4.61. The Labute approximate surface area is 82.8 Å². The Morgan fingerprint density at radius 1 is 1.50 bits per heavy atom. The molecule has 0 aliphatic carbocycles. The average molecular weight is 201 g/mol. The number of nitrogens with one attached hydrogen (secondary N) is 1. The van der Waals surface area contributed by atoms with Gasteiger partial charge in [0, 0.05) is 12.6 Å². The van der Waals surface area contributed by atoms with E-state index in [1.807, 2.05) is 6.92 Å². The van der Waals surface area contributed by atoms with Crippen LogP contribution in [0.2, 0.25) is 0 Å². The van der Waals surface area contributed by atoms with Crippen LogP contribution in [0.1, 0.15) is 13.3 Å². The monoisotopic (exact) mass is 201 g/mol.